The van der Waals surface area contributed by atoms with Crippen molar-refractivity contribution in [2.45, 2.75) is 52.3 Å². The minimum Gasteiger partial charge on any atom is -0.444 e. The zero-order valence-electron chi connectivity index (χ0n) is 14.3. The zero-order chi connectivity index (χ0) is 17.1. The Hall–Kier alpha value is -1.50. The Morgan fingerprint density at radius 1 is 1.38 bits per heavy atom. The minimum absolute atomic E-state index is 0.453. The number of thioether (sulfide) groups is 1. The predicted octanol–water partition coefficient (Wildman–Crippen LogP) is 3.46. The second-order valence-electron chi connectivity index (χ2n) is 4.67. The summed E-state index contributed by atoms with van der Waals surface area (Å²) in [6.07, 6.45) is 3.06. The van der Waals surface area contributed by atoms with E-state index in [1.165, 1.54) is 0 Å². The van der Waals surface area contributed by atoms with E-state index in [-0.39, 0.29) is 0 Å². The van der Waals surface area contributed by atoms with E-state index in [1.54, 1.807) is 32.5 Å². The van der Waals surface area contributed by atoms with E-state index in [0.29, 0.717) is 0 Å². The molecular formula is C14H28N4O2S. The Morgan fingerprint density at radius 2 is 1.90 bits per heavy atom. The summed E-state index contributed by atoms with van der Waals surface area (Å²) in [7, 11) is 1.86. The fourth-order valence-corrected chi connectivity index (χ4v) is 1.42. The lowest BCUT2D eigenvalue weighted by molar-refractivity contribution is 0.0600. The molecule has 1 aromatic heterocycles. The van der Waals surface area contributed by atoms with Crippen molar-refractivity contribution in [1.82, 2.24) is 9.97 Å². The molecule has 0 spiro atoms. The standard InChI is InChI=1S/C7H11N3S.C5H11NO2.C2H6/c1-5-4-9-7(11-3)10-6(5)8-2;1-5(2,3)8-4(6)7;1-2/h4H,1-3H3,(H,8,9,10);1-3H3,(H2,6,7);1-2H3. The number of hydrogen-bond donors (Lipinski definition) is 2. The quantitative estimate of drug-likeness (QED) is 0.641. The maximum Gasteiger partial charge on any atom is 0.405 e. The molecule has 0 aliphatic carbocycles. The molecule has 0 saturated heterocycles. The molecule has 0 aromatic carbocycles. The third kappa shape index (κ3) is 12.0. The van der Waals surface area contributed by atoms with Gasteiger partial charge in [0, 0.05) is 18.8 Å². The van der Waals surface area contributed by atoms with Gasteiger partial charge in [-0.05, 0) is 34.0 Å². The van der Waals surface area contributed by atoms with Gasteiger partial charge in [0.1, 0.15) is 11.4 Å². The lowest BCUT2D eigenvalue weighted by atomic mass is 10.2. The molecule has 0 fully saturated rings. The molecule has 122 valence electrons. The van der Waals surface area contributed by atoms with Crippen LogP contribution in [0.15, 0.2) is 11.4 Å². The number of ether oxygens (including phenoxy) is 1. The zero-order valence-corrected chi connectivity index (χ0v) is 15.1. The minimum atomic E-state index is -0.725. The van der Waals surface area contributed by atoms with Crippen LogP contribution in [0.4, 0.5) is 10.6 Å². The Labute approximate surface area is 132 Å². The molecule has 7 heteroatoms. The normalized spacial score (nSPS) is 9.52. The number of aryl methyl sites for hydroxylation is 1. The molecular weight excluding hydrogens is 288 g/mol. The highest BCUT2D eigenvalue weighted by Gasteiger charge is 2.12. The van der Waals surface area contributed by atoms with Gasteiger partial charge in [-0.3, -0.25) is 0 Å². The van der Waals surface area contributed by atoms with Gasteiger partial charge in [0.05, 0.1) is 0 Å². The van der Waals surface area contributed by atoms with Gasteiger partial charge in [-0.1, -0.05) is 25.6 Å². The van der Waals surface area contributed by atoms with E-state index in [0.717, 1.165) is 16.5 Å². The average molecular weight is 316 g/mol. The third-order valence-corrected chi connectivity index (χ3v) is 2.34. The number of amides is 1. The number of carbonyl (C=O) groups is 1. The van der Waals surface area contributed by atoms with E-state index < -0.39 is 11.7 Å². The SMILES string of the molecule is CC.CC(C)(C)OC(N)=O.CNc1nc(SC)ncc1C. The van der Waals surface area contributed by atoms with Crippen LogP contribution in [0.3, 0.4) is 0 Å². The summed E-state index contributed by atoms with van der Waals surface area (Å²) in [5.41, 5.74) is 5.34. The molecule has 1 heterocycles. The molecule has 1 amide bonds. The molecule has 1 rings (SSSR count). The maximum absolute atomic E-state index is 10.0. The lowest BCUT2D eigenvalue weighted by Crippen LogP contribution is -2.27. The van der Waals surface area contributed by atoms with Crippen LogP contribution in [0.25, 0.3) is 0 Å². The topological polar surface area (TPSA) is 90.1 Å². The van der Waals surface area contributed by atoms with Crippen LogP contribution in [0.2, 0.25) is 0 Å². The highest BCUT2D eigenvalue weighted by molar-refractivity contribution is 7.98. The smallest absolute Gasteiger partial charge is 0.405 e. The maximum atomic E-state index is 10.0. The van der Waals surface area contributed by atoms with Crippen LogP contribution in [-0.4, -0.2) is 35.0 Å². The van der Waals surface area contributed by atoms with E-state index >= 15 is 0 Å². The first-order valence-corrected chi connectivity index (χ1v) is 7.96. The molecule has 0 saturated carbocycles. The fourth-order valence-electron chi connectivity index (χ4n) is 1.08. The first-order chi connectivity index (χ1) is 9.69. The van der Waals surface area contributed by atoms with Crippen molar-refractivity contribution in [2.24, 2.45) is 5.73 Å². The number of nitrogens with one attached hydrogen (secondary N) is 1. The Kier molecular flexibility index (Phi) is 11.6. The van der Waals surface area contributed by atoms with Crippen molar-refractivity contribution >= 4 is 23.7 Å². The van der Waals surface area contributed by atoms with E-state index in [2.05, 4.69) is 20.0 Å². The molecule has 0 atom stereocenters. The van der Waals surface area contributed by atoms with Crippen molar-refractivity contribution in [3.63, 3.8) is 0 Å². The van der Waals surface area contributed by atoms with Crippen LogP contribution < -0.4 is 11.1 Å². The summed E-state index contributed by atoms with van der Waals surface area (Å²) in [4.78, 5) is 18.4. The molecule has 1 aromatic rings. The van der Waals surface area contributed by atoms with Crippen molar-refractivity contribution < 1.29 is 9.53 Å². The van der Waals surface area contributed by atoms with E-state index in [1.807, 2.05) is 40.3 Å². The number of rotatable bonds is 2. The summed E-state index contributed by atoms with van der Waals surface area (Å²) in [6, 6.07) is 0. The van der Waals surface area contributed by atoms with Crippen LogP contribution >= 0.6 is 11.8 Å². The molecule has 0 unspecified atom stereocenters. The summed E-state index contributed by atoms with van der Waals surface area (Å²) in [5.74, 6) is 0.907. The largest absolute Gasteiger partial charge is 0.444 e. The fraction of sp³-hybridized carbons (Fsp3) is 0.643. The molecule has 0 aliphatic heterocycles. The lowest BCUT2D eigenvalue weighted by Gasteiger charge is -2.16. The second kappa shape index (κ2) is 11.2. The summed E-state index contributed by atoms with van der Waals surface area (Å²) < 4.78 is 4.58. The van der Waals surface area contributed by atoms with Crippen molar-refractivity contribution in [2.75, 3.05) is 18.6 Å². The monoisotopic (exact) mass is 316 g/mol. The molecule has 21 heavy (non-hydrogen) atoms. The number of aromatic nitrogens is 2. The van der Waals surface area contributed by atoms with Crippen LogP contribution in [0, 0.1) is 6.92 Å². The van der Waals surface area contributed by atoms with Crippen LogP contribution in [-0.2, 0) is 4.74 Å². The predicted molar refractivity (Wildman–Crippen MR) is 89.9 cm³/mol. The molecule has 0 bridgehead atoms. The number of anilines is 1. The first kappa shape index (κ1) is 21.8. The summed E-state index contributed by atoms with van der Waals surface area (Å²) in [6.45, 7) is 11.3. The Balaban J connectivity index is 0. The number of nitrogens with two attached hydrogens (primary N) is 1. The Bertz CT molecular complexity index is 420. The van der Waals surface area contributed by atoms with Crippen LogP contribution in [0.1, 0.15) is 40.2 Å². The highest BCUT2D eigenvalue weighted by Crippen LogP contribution is 2.14. The number of hydrogen-bond acceptors (Lipinski definition) is 6. The van der Waals surface area contributed by atoms with Gasteiger partial charge in [-0.15, -0.1) is 0 Å². The van der Waals surface area contributed by atoms with Gasteiger partial charge < -0.3 is 15.8 Å². The second-order valence-corrected chi connectivity index (χ2v) is 5.45. The van der Waals surface area contributed by atoms with Gasteiger partial charge in [0.2, 0.25) is 0 Å². The number of nitrogens with zero attached hydrogens (tertiary/aromatic N) is 2. The third-order valence-electron chi connectivity index (χ3n) is 1.78. The first-order valence-electron chi connectivity index (χ1n) is 6.73. The van der Waals surface area contributed by atoms with E-state index in [4.69, 9.17) is 5.73 Å². The average Bonchev–Trinajstić information content (AvgIpc) is 2.39. The number of primary amides is 1. The van der Waals surface area contributed by atoms with Gasteiger partial charge in [-0.25, -0.2) is 14.8 Å². The van der Waals surface area contributed by atoms with Crippen LogP contribution in [0.5, 0.6) is 0 Å². The van der Waals surface area contributed by atoms with Gasteiger partial charge in [0.15, 0.2) is 5.16 Å². The molecule has 0 radical (unpaired) electrons. The van der Waals surface area contributed by atoms with Gasteiger partial charge in [-0.2, -0.15) is 0 Å². The molecule has 0 aliphatic rings. The molecule has 3 N–H and O–H groups in total. The van der Waals surface area contributed by atoms with Crippen molar-refractivity contribution in [3.05, 3.63) is 11.8 Å². The van der Waals surface area contributed by atoms with Gasteiger partial charge >= 0.3 is 6.09 Å². The number of carbonyl (C=O) groups excluding carboxylic acids is 1. The highest BCUT2D eigenvalue weighted by atomic mass is 32.2. The summed E-state index contributed by atoms with van der Waals surface area (Å²) in [5, 5.41) is 3.81. The Morgan fingerprint density at radius 3 is 2.19 bits per heavy atom. The van der Waals surface area contributed by atoms with E-state index in [9.17, 15) is 4.79 Å². The molecule has 6 nitrogen and oxygen atoms in total. The van der Waals surface area contributed by atoms with Crippen molar-refractivity contribution in [3.8, 4) is 0 Å². The van der Waals surface area contributed by atoms with Gasteiger partial charge in [0.25, 0.3) is 0 Å². The summed E-state index contributed by atoms with van der Waals surface area (Å²) >= 11 is 1.54. The van der Waals surface area contributed by atoms with Crippen molar-refractivity contribution in [1.29, 1.82) is 0 Å².